The summed E-state index contributed by atoms with van der Waals surface area (Å²) in [6, 6.07) is 14.1. The third-order valence-corrected chi connectivity index (χ3v) is 6.41. The fourth-order valence-electron chi connectivity index (χ4n) is 3.87. The maximum atomic E-state index is 13.1. The van der Waals surface area contributed by atoms with Gasteiger partial charge in [0.05, 0.1) is 6.61 Å². The molecule has 1 saturated carbocycles. The summed E-state index contributed by atoms with van der Waals surface area (Å²) >= 11 is 12.2. The number of ether oxygens (including phenoxy) is 1. The van der Waals surface area contributed by atoms with Gasteiger partial charge in [-0.1, -0.05) is 54.2 Å². The average molecular weight is 477 g/mol. The molecule has 2 aromatic carbocycles. The van der Waals surface area contributed by atoms with Gasteiger partial charge in [0.1, 0.15) is 11.8 Å². The topological polar surface area (TPSA) is 58.6 Å². The summed E-state index contributed by atoms with van der Waals surface area (Å²) < 4.78 is 5.70. The lowest BCUT2D eigenvalue weighted by Crippen LogP contribution is -2.49. The first-order chi connectivity index (χ1) is 15.4. The van der Waals surface area contributed by atoms with Crippen LogP contribution in [0.15, 0.2) is 48.5 Å². The first kappa shape index (κ1) is 24.4. The number of halogens is 2. The number of carbonyl (C=O) groups is 2. The van der Waals surface area contributed by atoms with Crippen molar-refractivity contribution in [1.82, 2.24) is 10.2 Å². The lowest BCUT2D eigenvalue weighted by molar-refractivity contribution is -0.141. The van der Waals surface area contributed by atoms with Crippen LogP contribution in [0.3, 0.4) is 0 Å². The highest BCUT2D eigenvalue weighted by atomic mass is 35.5. The van der Waals surface area contributed by atoms with E-state index in [1.54, 1.807) is 42.2 Å². The quantitative estimate of drug-likeness (QED) is 0.452. The summed E-state index contributed by atoms with van der Waals surface area (Å²) in [5.74, 6) is 0.493. The van der Waals surface area contributed by atoms with Gasteiger partial charge in [0.2, 0.25) is 11.8 Å². The molecule has 0 unspecified atom stereocenters. The Hall–Kier alpha value is -2.24. The highest BCUT2D eigenvalue weighted by Crippen LogP contribution is 2.21. The van der Waals surface area contributed by atoms with Crippen molar-refractivity contribution < 1.29 is 14.3 Å². The molecule has 0 spiro atoms. The zero-order valence-electron chi connectivity index (χ0n) is 18.4. The molecule has 0 aliphatic heterocycles. The van der Waals surface area contributed by atoms with Gasteiger partial charge in [0.25, 0.3) is 0 Å². The second-order valence-electron chi connectivity index (χ2n) is 8.18. The van der Waals surface area contributed by atoms with Crippen molar-refractivity contribution in [3.8, 4) is 5.75 Å². The van der Waals surface area contributed by atoms with Crippen molar-refractivity contribution in [2.45, 2.75) is 64.1 Å². The summed E-state index contributed by atoms with van der Waals surface area (Å²) in [4.78, 5) is 27.6. The summed E-state index contributed by atoms with van der Waals surface area (Å²) in [6.45, 7) is 2.47. The highest BCUT2D eigenvalue weighted by molar-refractivity contribution is 6.31. The average Bonchev–Trinajstić information content (AvgIpc) is 3.30. The van der Waals surface area contributed by atoms with Gasteiger partial charge in [0.15, 0.2) is 0 Å². The zero-order chi connectivity index (χ0) is 22.9. The Balaban J connectivity index is 1.60. The van der Waals surface area contributed by atoms with Crippen LogP contribution in [-0.4, -0.2) is 35.4 Å². The predicted octanol–water partition coefficient (Wildman–Crippen LogP) is 5.63. The lowest BCUT2D eigenvalue weighted by atomic mass is 10.1. The Morgan fingerprint density at radius 1 is 1.09 bits per heavy atom. The van der Waals surface area contributed by atoms with Gasteiger partial charge in [-0.15, -0.1) is 0 Å². The molecule has 0 heterocycles. The van der Waals surface area contributed by atoms with Gasteiger partial charge in [-0.2, -0.15) is 0 Å². The Morgan fingerprint density at radius 2 is 1.78 bits per heavy atom. The minimum Gasteiger partial charge on any atom is -0.494 e. The number of hydrogen-bond donors (Lipinski definition) is 1. The monoisotopic (exact) mass is 476 g/mol. The van der Waals surface area contributed by atoms with Crippen molar-refractivity contribution in [3.63, 3.8) is 0 Å². The van der Waals surface area contributed by atoms with Crippen LogP contribution in [0.5, 0.6) is 5.75 Å². The van der Waals surface area contributed by atoms with Gasteiger partial charge in [-0.05, 0) is 62.1 Å². The van der Waals surface area contributed by atoms with Gasteiger partial charge in [0, 0.05) is 29.1 Å². The zero-order valence-corrected chi connectivity index (χ0v) is 19.9. The van der Waals surface area contributed by atoms with Gasteiger partial charge in [-0.25, -0.2) is 0 Å². The molecule has 2 aromatic rings. The fraction of sp³-hybridized carbons (Fsp3) is 0.440. The number of nitrogens with one attached hydrogen (secondary N) is 1. The van der Waals surface area contributed by atoms with E-state index in [0.29, 0.717) is 28.8 Å². The van der Waals surface area contributed by atoms with Crippen molar-refractivity contribution >= 4 is 35.0 Å². The van der Waals surface area contributed by atoms with Crippen LogP contribution in [0, 0.1) is 0 Å². The minimum atomic E-state index is -0.587. The van der Waals surface area contributed by atoms with Crippen LogP contribution >= 0.6 is 23.2 Å². The Morgan fingerprint density at radius 3 is 2.47 bits per heavy atom. The van der Waals surface area contributed by atoms with Crippen LogP contribution in [0.2, 0.25) is 10.0 Å². The van der Waals surface area contributed by atoms with E-state index in [1.165, 1.54) is 0 Å². The molecule has 5 nitrogen and oxygen atoms in total. The highest BCUT2D eigenvalue weighted by Gasteiger charge is 2.28. The van der Waals surface area contributed by atoms with Crippen molar-refractivity contribution in [1.29, 1.82) is 0 Å². The van der Waals surface area contributed by atoms with E-state index in [-0.39, 0.29) is 30.8 Å². The number of benzene rings is 2. The molecule has 2 amide bonds. The molecule has 0 saturated heterocycles. The Bertz CT molecular complexity index is 898. The molecule has 1 fully saturated rings. The molecule has 172 valence electrons. The number of carbonyl (C=O) groups excluding carboxylic acids is 2. The molecule has 1 atom stereocenters. The second-order valence-corrected chi connectivity index (χ2v) is 9.03. The van der Waals surface area contributed by atoms with Crippen LogP contribution in [-0.2, 0) is 16.1 Å². The predicted molar refractivity (Wildman–Crippen MR) is 128 cm³/mol. The van der Waals surface area contributed by atoms with Crippen molar-refractivity contribution in [3.05, 3.63) is 64.1 Å². The molecule has 1 N–H and O–H groups in total. The summed E-state index contributed by atoms with van der Waals surface area (Å²) in [5.41, 5.74) is 0.820. The van der Waals surface area contributed by atoms with E-state index in [9.17, 15) is 9.59 Å². The third-order valence-electron chi connectivity index (χ3n) is 5.78. The van der Waals surface area contributed by atoms with Crippen LogP contribution in [0.1, 0.15) is 51.0 Å². The van der Waals surface area contributed by atoms with E-state index < -0.39 is 6.04 Å². The molecule has 0 aromatic heterocycles. The maximum absolute atomic E-state index is 13.1. The molecule has 32 heavy (non-hydrogen) atoms. The summed E-state index contributed by atoms with van der Waals surface area (Å²) in [7, 11) is 0. The first-order valence-electron chi connectivity index (χ1n) is 11.2. The van der Waals surface area contributed by atoms with Crippen molar-refractivity contribution in [2.75, 3.05) is 6.61 Å². The molecule has 0 bridgehead atoms. The SMILES string of the molecule is C[C@@H](C(=O)NC1CCCC1)N(Cc1ccccc1Cl)C(=O)CCCOc1ccc(Cl)cc1. The van der Waals surface area contributed by atoms with Gasteiger partial charge < -0.3 is 15.0 Å². The van der Waals surface area contributed by atoms with E-state index in [0.717, 1.165) is 31.2 Å². The number of rotatable bonds is 10. The van der Waals surface area contributed by atoms with Crippen LogP contribution < -0.4 is 10.1 Å². The molecular weight excluding hydrogens is 447 g/mol. The Kier molecular flexibility index (Phi) is 9.24. The van der Waals surface area contributed by atoms with E-state index in [1.807, 2.05) is 18.2 Å². The normalized spacial score (nSPS) is 14.7. The maximum Gasteiger partial charge on any atom is 0.242 e. The minimum absolute atomic E-state index is 0.0984. The standard InChI is InChI=1S/C25H30Cl2N2O3/c1-18(25(31)28-21-8-3-4-9-21)29(17-19-7-2-5-10-23(19)27)24(30)11-6-16-32-22-14-12-20(26)13-15-22/h2,5,7,10,12-15,18,21H,3-4,6,8-9,11,16-17H2,1H3,(H,28,31)/t18-/m0/s1. The number of nitrogens with zero attached hydrogens (tertiary/aromatic N) is 1. The number of hydrogen-bond acceptors (Lipinski definition) is 3. The van der Waals surface area contributed by atoms with Crippen molar-refractivity contribution in [2.24, 2.45) is 0 Å². The van der Waals surface area contributed by atoms with Gasteiger partial charge in [-0.3, -0.25) is 9.59 Å². The second kappa shape index (κ2) is 12.1. The molecule has 0 radical (unpaired) electrons. The van der Waals surface area contributed by atoms with Crippen LogP contribution in [0.4, 0.5) is 0 Å². The molecule has 7 heteroatoms. The molecule has 3 rings (SSSR count). The largest absolute Gasteiger partial charge is 0.494 e. The summed E-state index contributed by atoms with van der Waals surface area (Å²) in [6.07, 6.45) is 5.08. The number of amides is 2. The third kappa shape index (κ3) is 7.14. The smallest absolute Gasteiger partial charge is 0.242 e. The Labute approximate surface area is 200 Å². The molecule has 1 aliphatic rings. The fourth-order valence-corrected chi connectivity index (χ4v) is 4.19. The summed E-state index contributed by atoms with van der Waals surface area (Å²) in [5, 5.41) is 4.34. The van der Waals surface area contributed by atoms with E-state index >= 15 is 0 Å². The van der Waals surface area contributed by atoms with Gasteiger partial charge >= 0.3 is 0 Å². The van der Waals surface area contributed by atoms with Crippen LogP contribution in [0.25, 0.3) is 0 Å². The van der Waals surface area contributed by atoms with E-state index in [4.69, 9.17) is 27.9 Å². The molecular formula is C25H30Cl2N2O3. The molecule has 1 aliphatic carbocycles. The van der Waals surface area contributed by atoms with E-state index in [2.05, 4.69) is 5.32 Å². The lowest BCUT2D eigenvalue weighted by Gasteiger charge is -2.30. The first-order valence-corrected chi connectivity index (χ1v) is 11.9.